The first-order chi connectivity index (χ1) is 13.5. The molecule has 0 spiro atoms. The molecule has 2 saturated heterocycles. The lowest BCUT2D eigenvalue weighted by Gasteiger charge is -2.35. The summed E-state index contributed by atoms with van der Waals surface area (Å²) in [5, 5.41) is 0.879. The maximum atomic E-state index is 15.2. The van der Waals surface area contributed by atoms with E-state index in [0.717, 1.165) is 28.8 Å². The molecule has 5 heterocycles. The molecule has 0 aromatic carbocycles. The molecule has 5 rings (SSSR count). The Morgan fingerprint density at radius 3 is 2.79 bits per heavy atom. The molecule has 2 fully saturated rings. The molecule has 28 heavy (non-hydrogen) atoms. The summed E-state index contributed by atoms with van der Waals surface area (Å²) in [7, 11) is 1.68. The topological polar surface area (TPSA) is 58.4 Å². The van der Waals surface area contributed by atoms with Crippen molar-refractivity contribution in [1.29, 1.82) is 0 Å². The standard InChI is InChI=1S/C20H19BrFN3O3/c1-26-19(5-6-27-10-19)17-4-2-3-15(24-17)14-9-25(20(22)11-28-12-20)16-8-23-18(21)7-13(14)16/h2-4,7-9H,5-6,10-12H2,1H3. The Bertz CT molecular complexity index is 1040. The van der Waals surface area contributed by atoms with Gasteiger partial charge in [0.1, 0.15) is 23.4 Å². The predicted octanol–water partition coefficient (Wildman–Crippen LogP) is 3.78. The number of ether oxygens (including phenoxy) is 3. The quantitative estimate of drug-likeness (QED) is 0.569. The van der Waals surface area contributed by atoms with Gasteiger partial charge < -0.3 is 18.8 Å². The number of rotatable bonds is 4. The third kappa shape index (κ3) is 2.70. The first kappa shape index (κ1) is 18.2. The van der Waals surface area contributed by atoms with Crippen LogP contribution >= 0.6 is 15.9 Å². The van der Waals surface area contributed by atoms with Crippen molar-refractivity contribution in [3.8, 4) is 11.3 Å². The summed E-state index contributed by atoms with van der Waals surface area (Å²) in [6, 6.07) is 7.73. The summed E-state index contributed by atoms with van der Waals surface area (Å²) in [5.41, 5.74) is 2.59. The molecule has 0 saturated carbocycles. The van der Waals surface area contributed by atoms with E-state index < -0.39 is 11.4 Å². The van der Waals surface area contributed by atoms with E-state index in [1.807, 2.05) is 24.3 Å². The number of halogens is 2. The van der Waals surface area contributed by atoms with Crippen LogP contribution in [0.5, 0.6) is 0 Å². The van der Waals surface area contributed by atoms with Gasteiger partial charge in [-0.3, -0.25) is 0 Å². The molecule has 1 atom stereocenters. The van der Waals surface area contributed by atoms with Crippen molar-refractivity contribution in [2.24, 2.45) is 0 Å². The number of hydrogen-bond donors (Lipinski definition) is 0. The van der Waals surface area contributed by atoms with E-state index >= 15 is 4.39 Å². The molecule has 3 aromatic heterocycles. The minimum Gasteiger partial charge on any atom is -0.378 e. The predicted molar refractivity (Wildman–Crippen MR) is 105 cm³/mol. The molecule has 0 N–H and O–H groups in total. The zero-order valence-corrected chi connectivity index (χ0v) is 16.9. The molecule has 0 bridgehead atoms. The lowest BCUT2D eigenvalue weighted by molar-refractivity contribution is -0.177. The third-order valence-electron chi connectivity index (χ3n) is 5.60. The van der Waals surface area contributed by atoms with E-state index in [0.29, 0.717) is 23.3 Å². The van der Waals surface area contributed by atoms with Crippen molar-refractivity contribution in [3.63, 3.8) is 0 Å². The van der Waals surface area contributed by atoms with Crippen LogP contribution in [0.3, 0.4) is 0 Å². The lowest BCUT2D eigenvalue weighted by Crippen LogP contribution is -2.47. The fourth-order valence-corrected chi connectivity index (χ4v) is 4.23. The molecule has 8 heteroatoms. The minimum atomic E-state index is -1.56. The largest absolute Gasteiger partial charge is 0.378 e. The number of fused-ring (bicyclic) bond motifs is 1. The van der Waals surface area contributed by atoms with Crippen LogP contribution in [-0.4, -0.2) is 48.1 Å². The van der Waals surface area contributed by atoms with Crippen molar-refractivity contribution in [2.45, 2.75) is 17.8 Å². The van der Waals surface area contributed by atoms with Gasteiger partial charge in [-0.05, 0) is 34.1 Å². The number of methoxy groups -OCH3 is 1. The summed E-state index contributed by atoms with van der Waals surface area (Å²) in [6.45, 7) is 1.18. The Balaban J connectivity index is 1.68. The first-order valence-electron chi connectivity index (χ1n) is 9.09. The molecule has 1 unspecified atom stereocenters. The second kappa shape index (κ2) is 6.59. The van der Waals surface area contributed by atoms with Crippen LogP contribution < -0.4 is 0 Å². The summed E-state index contributed by atoms with van der Waals surface area (Å²) in [6.07, 6.45) is 4.23. The van der Waals surface area contributed by atoms with Crippen molar-refractivity contribution in [1.82, 2.24) is 14.5 Å². The van der Waals surface area contributed by atoms with Crippen LogP contribution in [0.25, 0.3) is 22.2 Å². The first-order valence-corrected chi connectivity index (χ1v) is 9.89. The Morgan fingerprint density at radius 1 is 1.25 bits per heavy atom. The van der Waals surface area contributed by atoms with Gasteiger partial charge in [-0.1, -0.05) is 6.07 Å². The molecular formula is C20H19BrFN3O3. The fraction of sp³-hybridized carbons (Fsp3) is 0.400. The highest BCUT2D eigenvalue weighted by molar-refractivity contribution is 9.10. The van der Waals surface area contributed by atoms with Crippen molar-refractivity contribution < 1.29 is 18.6 Å². The van der Waals surface area contributed by atoms with Crippen molar-refractivity contribution >= 4 is 26.8 Å². The number of alkyl halides is 1. The Labute approximate surface area is 169 Å². The number of nitrogens with zero attached hydrogens (tertiary/aromatic N) is 3. The smallest absolute Gasteiger partial charge is 0.233 e. The van der Waals surface area contributed by atoms with E-state index in [1.54, 1.807) is 24.1 Å². The maximum absolute atomic E-state index is 15.2. The average Bonchev–Trinajstić information content (AvgIpc) is 3.32. The highest BCUT2D eigenvalue weighted by Crippen LogP contribution is 2.39. The SMILES string of the molecule is COC1(c2cccc(-c3cn(C4(F)COC4)c4cnc(Br)cc34)n2)CCOC1. The molecule has 0 amide bonds. The van der Waals surface area contributed by atoms with Crippen LogP contribution in [0.15, 0.2) is 41.3 Å². The van der Waals surface area contributed by atoms with Gasteiger partial charge in [0.25, 0.3) is 0 Å². The van der Waals surface area contributed by atoms with Crippen molar-refractivity contribution in [2.75, 3.05) is 33.5 Å². The van der Waals surface area contributed by atoms with Gasteiger partial charge in [0.15, 0.2) is 0 Å². The van der Waals surface area contributed by atoms with Gasteiger partial charge >= 0.3 is 0 Å². The molecule has 146 valence electrons. The summed E-state index contributed by atoms with van der Waals surface area (Å²) in [4.78, 5) is 9.16. The van der Waals surface area contributed by atoms with E-state index in [4.69, 9.17) is 19.2 Å². The van der Waals surface area contributed by atoms with Gasteiger partial charge in [0.2, 0.25) is 5.79 Å². The molecule has 6 nitrogen and oxygen atoms in total. The van der Waals surface area contributed by atoms with E-state index in [1.165, 1.54) is 0 Å². The summed E-state index contributed by atoms with van der Waals surface area (Å²) >= 11 is 3.42. The number of pyridine rings is 2. The molecule has 0 aliphatic carbocycles. The summed E-state index contributed by atoms with van der Waals surface area (Å²) < 4.78 is 33.9. The Kier molecular flexibility index (Phi) is 4.28. The van der Waals surface area contributed by atoms with Gasteiger partial charge in [-0.25, -0.2) is 14.4 Å². The second-order valence-corrected chi connectivity index (χ2v) is 8.07. The lowest BCUT2D eigenvalue weighted by atomic mass is 9.97. The zero-order valence-electron chi connectivity index (χ0n) is 15.3. The van der Waals surface area contributed by atoms with Crippen LogP contribution in [-0.2, 0) is 25.6 Å². The van der Waals surface area contributed by atoms with Crippen LogP contribution in [0.2, 0.25) is 0 Å². The van der Waals surface area contributed by atoms with Crippen LogP contribution in [0.1, 0.15) is 12.1 Å². The number of aromatic nitrogens is 3. The Hall–Kier alpha value is -1.87. The maximum Gasteiger partial charge on any atom is 0.233 e. The van der Waals surface area contributed by atoms with E-state index in [2.05, 4.69) is 20.9 Å². The van der Waals surface area contributed by atoms with Gasteiger partial charge in [-0.2, -0.15) is 0 Å². The minimum absolute atomic E-state index is 0.0316. The van der Waals surface area contributed by atoms with E-state index in [-0.39, 0.29) is 13.2 Å². The van der Waals surface area contributed by atoms with Crippen LogP contribution in [0.4, 0.5) is 4.39 Å². The Morgan fingerprint density at radius 2 is 2.11 bits per heavy atom. The van der Waals surface area contributed by atoms with Gasteiger partial charge in [0.05, 0.1) is 29.7 Å². The molecule has 2 aliphatic heterocycles. The highest BCUT2D eigenvalue weighted by atomic mass is 79.9. The molecular weight excluding hydrogens is 429 g/mol. The van der Waals surface area contributed by atoms with Gasteiger partial charge in [-0.15, -0.1) is 0 Å². The molecule has 2 aliphatic rings. The molecule has 3 aromatic rings. The fourth-order valence-electron chi connectivity index (χ4n) is 3.90. The van der Waals surface area contributed by atoms with Crippen LogP contribution in [0, 0.1) is 0 Å². The second-order valence-electron chi connectivity index (χ2n) is 7.26. The zero-order chi connectivity index (χ0) is 19.4. The van der Waals surface area contributed by atoms with Crippen molar-refractivity contribution in [3.05, 3.63) is 47.0 Å². The third-order valence-corrected chi connectivity index (χ3v) is 6.04. The highest BCUT2D eigenvalue weighted by Gasteiger charge is 2.42. The van der Waals surface area contributed by atoms with E-state index in [9.17, 15) is 0 Å². The summed E-state index contributed by atoms with van der Waals surface area (Å²) in [5.74, 6) is -1.56. The number of hydrogen-bond acceptors (Lipinski definition) is 5. The average molecular weight is 448 g/mol. The monoisotopic (exact) mass is 447 g/mol. The normalized spacial score (nSPS) is 23.8. The van der Waals surface area contributed by atoms with Gasteiger partial charge in [0, 0.05) is 37.3 Å². The molecule has 0 radical (unpaired) electrons.